The third-order valence-corrected chi connectivity index (χ3v) is 4.67. The lowest BCUT2D eigenvalue weighted by Gasteiger charge is -2.35. The van der Waals surface area contributed by atoms with Crippen molar-refractivity contribution < 1.29 is 5.21 Å². The minimum absolute atomic E-state index is 0.155. The first-order valence-electron chi connectivity index (χ1n) is 7.41. The molecule has 3 N–H and O–H groups in total. The molecule has 6 nitrogen and oxygen atoms in total. The molecule has 0 aliphatic carbocycles. The van der Waals surface area contributed by atoms with E-state index in [4.69, 9.17) is 5.26 Å². The maximum absolute atomic E-state index is 10.4. The fraction of sp³-hybridized carbons (Fsp3) is 0.500. The van der Waals surface area contributed by atoms with E-state index >= 15 is 0 Å². The highest BCUT2D eigenvalue weighted by Gasteiger charge is 2.51. The number of rotatable bonds is 2. The van der Waals surface area contributed by atoms with Crippen LogP contribution in [0.3, 0.4) is 0 Å². The smallest absolute Gasteiger partial charge is 0.209 e. The van der Waals surface area contributed by atoms with Crippen LogP contribution in [0.4, 0.5) is 5.69 Å². The maximum Gasteiger partial charge on any atom is 0.209 e. The molecule has 1 atom stereocenters. The average Bonchev–Trinajstić information content (AvgIpc) is 2.59. The van der Waals surface area contributed by atoms with Crippen LogP contribution in [0.25, 0.3) is 0 Å². The molecule has 1 aromatic carbocycles. The van der Waals surface area contributed by atoms with Gasteiger partial charge in [-0.3, -0.25) is 5.32 Å². The molecule has 1 aromatic rings. The van der Waals surface area contributed by atoms with Gasteiger partial charge in [-0.05, 0) is 52.3 Å². The lowest BCUT2D eigenvalue weighted by molar-refractivity contribution is -0.193. The van der Waals surface area contributed by atoms with Crippen molar-refractivity contribution in [1.82, 2.24) is 10.4 Å². The Morgan fingerprint density at radius 1 is 1.43 bits per heavy atom. The third kappa shape index (κ3) is 3.83. The zero-order valence-electron chi connectivity index (χ0n) is 13.8. The quantitative estimate of drug-likeness (QED) is 0.317. The molecule has 1 fully saturated rings. The Hall–Kier alpha value is -1.62. The van der Waals surface area contributed by atoms with Crippen LogP contribution >= 0.6 is 15.9 Å². The number of guanidine groups is 1. The van der Waals surface area contributed by atoms with E-state index in [0.717, 1.165) is 10.2 Å². The molecule has 1 heterocycles. The van der Waals surface area contributed by atoms with E-state index in [1.54, 1.807) is 0 Å². The molecule has 124 valence electrons. The van der Waals surface area contributed by atoms with Crippen molar-refractivity contribution in [1.29, 1.82) is 5.26 Å². The van der Waals surface area contributed by atoms with Gasteiger partial charge in [0, 0.05) is 15.7 Å². The molecule has 0 aromatic heterocycles. The Labute approximate surface area is 145 Å². The van der Waals surface area contributed by atoms with Gasteiger partial charge in [0.1, 0.15) is 0 Å². The minimum atomic E-state index is -0.523. The topological polar surface area (TPSA) is 83.7 Å². The predicted molar refractivity (Wildman–Crippen MR) is 94.1 cm³/mol. The third-order valence-electron chi connectivity index (χ3n) is 4.17. The molecule has 0 amide bonds. The molecule has 0 bridgehead atoms. The minimum Gasteiger partial charge on any atom is -0.325 e. The number of halogens is 1. The highest BCUT2D eigenvalue weighted by molar-refractivity contribution is 9.10. The molecule has 23 heavy (non-hydrogen) atoms. The van der Waals surface area contributed by atoms with Gasteiger partial charge in [0.15, 0.2) is 6.19 Å². The number of nitriles is 1. The zero-order chi connectivity index (χ0) is 17.3. The summed E-state index contributed by atoms with van der Waals surface area (Å²) >= 11 is 3.42. The normalized spacial score (nSPS) is 23.3. The van der Waals surface area contributed by atoms with Crippen LogP contribution in [0.15, 0.2) is 33.7 Å². The molecule has 2 rings (SSSR count). The molecule has 0 saturated carbocycles. The number of nitrogens with zero attached hydrogens (tertiary/aromatic N) is 3. The van der Waals surface area contributed by atoms with Crippen LogP contribution in [-0.4, -0.2) is 33.3 Å². The zero-order valence-corrected chi connectivity index (χ0v) is 15.3. The molecular formula is C16H22BrN5O. The summed E-state index contributed by atoms with van der Waals surface area (Å²) in [5.74, 6) is 0.370. The average molecular weight is 380 g/mol. The molecule has 0 spiro atoms. The Morgan fingerprint density at radius 2 is 2.13 bits per heavy atom. The summed E-state index contributed by atoms with van der Waals surface area (Å²) in [6, 6.07) is 7.45. The first-order valence-corrected chi connectivity index (χ1v) is 8.21. The fourth-order valence-corrected chi connectivity index (χ4v) is 3.34. The van der Waals surface area contributed by atoms with Crippen LogP contribution in [0.2, 0.25) is 0 Å². The lowest BCUT2D eigenvalue weighted by atomic mass is 9.95. The van der Waals surface area contributed by atoms with Crippen LogP contribution in [-0.2, 0) is 0 Å². The van der Waals surface area contributed by atoms with Crippen LogP contribution < -0.4 is 10.6 Å². The summed E-state index contributed by atoms with van der Waals surface area (Å²) in [7, 11) is 0. The summed E-state index contributed by atoms with van der Waals surface area (Å²) in [5, 5.41) is 26.4. The van der Waals surface area contributed by atoms with E-state index in [1.165, 1.54) is 5.06 Å². The van der Waals surface area contributed by atoms with Crippen molar-refractivity contribution in [2.24, 2.45) is 4.99 Å². The summed E-state index contributed by atoms with van der Waals surface area (Å²) < 4.78 is 0.933. The van der Waals surface area contributed by atoms with Gasteiger partial charge >= 0.3 is 0 Å². The van der Waals surface area contributed by atoms with Crippen molar-refractivity contribution in [3.05, 3.63) is 28.7 Å². The highest BCUT2D eigenvalue weighted by atomic mass is 79.9. The Morgan fingerprint density at radius 3 is 2.65 bits per heavy atom. The van der Waals surface area contributed by atoms with Crippen molar-refractivity contribution in [2.45, 2.75) is 51.2 Å². The van der Waals surface area contributed by atoms with Gasteiger partial charge in [0.05, 0.1) is 11.6 Å². The number of benzene rings is 1. The van der Waals surface area contributed by atoms with Gasteiger partial charge in [-0.2, -0.15) is 10.3 Å². The fourth-order valence-electron chi connectivity index (χ4n) is 2.94. The van der Waals surface area contributed by atoms with Crippen molar-refractivity contribution >= 4 is 27.6 Å². The number of aliphatic imine (C=N–C) groups is 1. The molecule has 7 heteroatoms. The SMILES string of the molecule is CC1(C)CC(N=C(NC#N)Nc2cccc(Br)c2)C(C)(C)N1O. The largest absolute Gasteiger partial charge is 0.325 e. The molecule has 1 aliphatic rings. The van der Waals surface area contributed by atoms with Gasteiger partial charge in [-0.25, -0.2) is 4.99 Å². The van der Waals surface area contributed by atoms with Gasteiger partial charge in [0.25, 0.3) is 0 Å². The predicted octanol–water partition coefficient (Wildman–Crippen LogP) is 3.31. The standard InChI is InChI=1S/C16H22BrN5O/c1-15(2)9-13(16(3,4)22(15)23)21-14(19-10-18)20-12-7-5-6-11(17)8-12/h5-8,13,23H,9H2,1-4H3,(H2,19,20,21). The molecular weight excluding hydrogens is 358 g/mol. The van der Waals surface area contributed by atoms with Gasteiger partial charge in [-0.1, -0.05) is 22.0 Å². The van der Waals surface area contributed by atoms with Crippen molar-refractivity contribution in [3.8, 4) is 6.19 Å². The van der Waals surface area contributed by atoms with Crippen molar-refractivity contribution in [2.75, 3.05) is 5.32 Å². The Kier molecular flexibility index (Phi) is 4.99. The first-order chi connectivity index (χ1) is 10.7. The number of nitrogens with one attached hydrogen (secondary N) is 2. The van der Waals surface area contributed by atoms with E-state index in [9.17, 15) is 5.21 Å². The van der Waals surface area contributed by atoms with E-state index < -0.39 is 5.54 Å². The van der Waals surface area contributed by atoms with Gasteiger partial charge in [-0.15, -0.1) is 0 Å². The number of hydroxylamine groups is 2. The summed E-state index contributed by atoms with van der Waals surface area (Å²) in [6.07, 6.45) is 2.59. The molecule has 0 radical (unpaired) electrons. The number of anilines is 1. The Bertz CT molecular complexity index is 650. The van der Waals surface area contributed by atoms with Crippen molar-refractivity contribution in [3.63, 3.8) is 0 Å². The van der Waals surface area contributed by atoms with E-state index in [0.29, 0.717) is 12.4 Å². The van der Waals surface area contributed by atoms with E-state index in [-0.39, 0.29) is 11.6 Å². The number of hydrogen-bond acceptors (Lipinski definition) is 4. The lowest BCUT2D eigenvalue weighted by Crippen LogP contribution is -2.48. The Balaban J connectivity index is 2.27. The highest BCUT2D eigenvalue weighted by Crippen LogP contribution is 2.40. The summed E-state index contributed by atoms with van der Waals surface area (Å²) in [6.45, 7) is 7.84. The monoisotopic (exact) mass is 379 g/mol. The number of hydrogen-bond donors (Lipinski definition) is 3. The van der Waals surface area contributed by atoms with E-state index in [2.05, 4.69) is 31.6 Å². The summed E-state index contributed by atoms with van der Waals surface area (Å²) in [4.78, 5) is 4.64. The molecule has 1 saturated heterocycles. The maximum atomic E-state index is 10.4. The second-order valence-corrected chi connectivity index (χ2v) is 7.76. The van der Waals surface area contributed by atoms with E-state index in [1.807, 2.05) is 58.2 Å². The second kappa shape index (κ2) is 6.48. The second-order valence-electron chi connectivity index (χ2n) is 6.85. The van der Waals surface area contributed by atoms with Crippen LogP contribution in [0.5, 0.6) is 0 Å². The summed E-state index contributed by atoms with van der Waals surface area (Å²) in [5.41, 5.74) is -0.0764. The molecule has 1 unspecified atom stereocenters. The molecule has 1 aliphatic heterocycles. The van der Waals surface area contributed by atoms with Gasteiger partial charge in [0.2, 0.25) is 5.96 Å². The van der Waals surface area contributed by atoms with Crippen LogP contribution in [0, 0.1) is 11.5 Å². The first kappa shape index (κ1) is 17.7. The van der Waals surface area contributed by atoms with Crippen LogP contribution in [0.1, 0.15) is 34.1 Å². The van der Waals surface area contributed by atoms with Gasteiger partial charge < -0.3 is 10.5 Å².